The summed E-state index contributed by atoms with van der Waals surface area (Å²) < 4.78 is 20.1. The summed E-state index contributed by atoms with van der Waals surface area (Å²) in [6, 6.07) is 9.56. The molecule has 0 aliphatic carbocycles. The maximum absolute atomic E-state index is 14.0. The van der Waals surface area contributed by atoms with Crippen molar-refractivity contribution in [2.24, 2.45) is 5.73 Å². The molecule has 0 spiro atoms. The molecule has 0 radical (unpaired) electrons. The topological polar surface area (TPSA) is 35.2 Å². The molecule has 5 heteroatoms. The number of ether oxygens (including phenoxy) is 1. The summed E-state index contributed by atoms with van der Waals surface area (Å²) in [7, 11) is 1.55. The molecular weight excluding hydrogens is 333 g/mol. The van der Waals surface area contributed by atoms with Crippen LogP contribution in [0.25, 0.3) is 0 Å². The van der Waals surface area contributed by atoms with E-state index >= 15 is 0 Å². The molecule has 0 fully saturated rings. The van der Waals surface area contributed by atoms with Crippen LogP contribution in [0.2, 0.25) is 5.02 Å². The molecule has 0 saturated heterocycles. The first-order valence-corrected chi connectivity index (χ1v) is 6.74. The second kappa shape index (κ2) is 5.90. The number of halogens is 3. The Balaban J connectivity index is 2.52. The Morgan fingerprint density at radius 3 is 2.68 bits per heavy atom. The summed E-state index contributed by atoms with van der Waals surface area (Å²) >= 11 is 9.15. The van der Waals surface area contributed by atoms with Crippen LogP contribution >= 0.6 is 27.5 Å². The van der Waals surface area contributed by atoms with Crippen LogP contribution in [0.1, 0.15) is 17.2 Å². The minimum Gasteiger partial charge on any atom is -0.496 e. The molecular formula is C14H12BrClFNO. The second-order valence-corrected chi connectivity index (χ2v) is 5.33. The largest absolute Gasteiger partial charge is 0.496 e. The molecule has 100 valence electrons. The van der Waals surface area contributed by atoms with E-state index in [1.54, 1.807) is 25.3 Å². The van der Waals surface area contributed by atoms with Gasteiger partial charge in [0.2, 0.25) is 0 Å². The molecule has 1 unspecified atom stereocenters. The molecule has 2 nitrogen and oxygen atoms in total. The molecule has 0 aliphatic heterocycles. The first-order chi connectivity index (χ1) is 9.04. The highest BCUT2D eigenvalue weighted by Gasteiger charge is 2.19. The van der Waals surface area contributed by atoms with Gasteiger partial charge in [0.15, 0.2) is 0 Å². The summed E-state index contributed by atoms with van der Waals surface area (Å²) in [5.74, 6) is 0.105. The molecule has 2 rings (SSSR count). The molecule has 1 atom stereocenters. The second-order valence-electron chi connectivity index (χ2n) is 4.01. The van der Waals surface area contributed by atoms with E-state index in [2.05, 4.69) is 15.9 Å². The zero-order chi connectivity index (χ0) is 14.0. The standard InChI is InChI=1S/C14H12BrClFNO/c1-19-12-6-5-8(15)7-10(12)14(18)9-3-2-4-11(16)13(9)17/h2-7,14H,18H2,1H3. The highest BCUT2D eigenvalue weighted by molar-refractivity contribution is 9.10. The summed E-state index contributed by atoms with van der Waals surface area (Å²) in [6.07, 6.45) is 0. The molecule has 0 bridgehead atoms. The fourth-order valence-corrected chi connectivity index (χ4v) is 2.44. The lowest BCUT2D eigenvalue weighted by Crippen LogP contribution is -2.15. The maximum Gasteiger partial charge on any atom is 0.146 e. The van der Waals surface area contributed by atoms with Gasteiger partial charge in [0.25, 0.3) is 0 Å². The monoisotopic (exact) mass is 343 g/mol. The van der Waals surface area contributed by atoms with Crippen LogP contribution in [-0.2, 0) is 0 Å². The third-order valence-corrected chi connectivity index (χ3v) is 3.63. The van der Waals surface area contributed by atoms with Gasteiger partial charge in [0.05, 0.1) is 18.2 Å². The van der Waals surface area contributed by atoms with E-state index in [1.807, 2.05) is 12.1 Å². The lowest BCUT2D eigenvalue weighted by atomic mass is 9.98. The van der Waals surface area contributed by atoms with Gasteiger partial charge in [0.1, 0.15) is 11.6 Å². The minimum absolute atomic E-state index is 0.0573. The Kier molecular flexibility index (Phi) is 4.45. The molecule has 2 N–H and O–H groups in total. The van der Waals surface area contributed by atoms with Gasteiger partial charge in [0, 0.05) is 15.6 Å². The smallest absolute Gasteiger partial charge is 0.146 e. The van der Waals surface area contributed by atoms with E-state index in [4.69, 9.17) is 22.1 Å². The van der Waals surface area contributed by atoms with E-state index in [0.29, 0.717) is 16.9 Å². The third kappa shape index (κ3) is 2.91. The van der Waals surface area contributed by atoms with Gasteiger partial charge in [-0.05, 0) is 24.3 Å². The first-order valence-electron chi connectivity index (χ1n) is 5.57. The average Bonchev–Trinajstić information content (AvgIpc) is 2.41. The van der Waals surface area contributed by atoms with Crippen molar-refractivity contribution in [2.45, 2.75) is 6.04 Å². The Morgan fingerprint density at radius 1 is 1.26 bits per heavy atom. The molecule has 2 aromatic rings. The average molecular weight is 345 g/mol. The minimum atomic E-state index is -0.647. The van der Waals surface area contributed by atoms with Crippen LogP contribution < -0.4 is 10.5 Å². The van der Waals surface area contributed by atoms with Crippen LogP contribution in [0.5, 0.6) is 5.75 Å². The number of methoxy groups -OCH3 is 1. The predicted molar refractivity (Wildman–Crippen MR) is 78.1 cm³/mol. The predicted octanol–water partition coefficient (Wildman–Crippen LogP) is 4.30. The fourth-order valence-electron chi connectivity index (χ4n) is 1.88. The Labute approximate surface area is 124 Å². The van der Waals surface area contributed by atoms with Gasteiger partial charge in [-0.25, -0.2) is 4.39 Å². The van der Waals surface area contributed by atoms with Crippen molar-refractivity contribution in [3.8, 4) is 5.75 Å². The van der Waals surface area contributed by atoms with Crippen molar-refractivity contribution >= 4 is 27.5 Å². The first kappa shape index (κ1) is 14.3. The van der Waals surface area contributed by atoms with Crippen molar-refractivity contribution in [3.63, 3.8) is 0 Å². The summed E-state index contributed by atoms with van der Waals surface area (Å²) in [4.78, 5) is 0. The molecule has 0 aliphatic rings. The highest BCUT2D eigenvalue weighted by atomic mass is 79.9. The van der Waals surface area contributed by atoms with E-state index < -0.39 is 11.9 Å². The van der Waals surface area contributed by atoms with Gasteiger partial charge in [-0.15, -0.1) is 0 Å². The van der Waals surface area contributed by atoms with E-state index in [0.717, 1.165) is 4.47 Å². The summed E-state index contributed by atoms with van der Waals surface area (Å²) in [5.41, 5.74) is 7.16. The van der Waals surface area contributed by atoms with Crippen LogP contribution in [-0.4, -0.2) is 7.11 Å². The quantitative estimate of drug-likeness (QED) is 0.901. The Bertz CT molecular complexity index is 606. The number of hydrogen-bond acceptors (Lipinski definition) is 2. The van der Waals surface area contributed by atoms with Crippen molar-refractivity contribution in [1.82, 2.24) is 0 Å². The lowest BCUT2D eigenvalue weighted by Gasteiger charge is -2.17. The third-order valence-electron chi connectivity index (χ3n) is 2.84. The molecule has 0 aromatic heterocycles. The van der Waals surface area contributed by atoms with Crippen LogP contribution in [0, 0.1) is 5.82 Å². The number of nitrogens with two attached hydrogens (primary N) is 1. The zero-order valence-electron chi connectivity index (χ0n) is 10.2. The van der Waals surface area contributed by atoms with Gasteiger partial charge in [-0.2, -0.15) is 0 Å². The van der Waals surface area contributed by atoms with Crippen molar-refractivity contribution < 1.29 is 9.13 Å². The number of benzene rings is 2. The normalized spacial score (nSPS) is 12.3. The van der Waals surface area contributed by atoms with Crippen molar-refractivity contribution in [2.75, 3.05) is 7.11 Å². The van der Waals surface area contributed by atoms with E-state index in [9.17, 15) is 4.39 Å². The van der Waals surface area contributed by atoms with Crippen molar-refractivity contribution in [3.05, 3.63) is 62.8 Å². The van der Waals surface area contributed by atoms with Gasteiger partial charge >= 0.3 is 0 Å². The Morgan fingerprint density at radius 2 is 2.00 bits per heavy atom. The highest BCUT2D eigenvalue weighted by Crippen LogP contribution is 2.33. The van der Waals surface area contributed by atoms with Gasteiger partial charge < -0.3 is 10.5 Å². The number of rotatable bonds is 3. The SMILES string of the molecule is COc1ccc(Br)cc1C(N)c1cccc(Cl)c1F. The van der Waals surface area contributed by atoms with E-state index in [1.165, 1.54) is 6.07 Å². The van der Waals surface area contributed by atoms with Gasteiger partial charge in [-0.1, -0.05) is 39.7 Å². The number of hydrogen-bond donors (Lipinski definition) is 1. The molecule has 19 heavy (non-hydrogen) atoms. The van der Waals surface area contributed by atoms with E-state index in [-0.39, 0.29) is 5.02 Å². The van der Waals surface area contributed by atoms with Crippen LogP contribution in [0.15, 0.2) is 40.9 Å². The molecule has 2 aromatic carbocycles. The summed E-state index contributed by atoms with van der Waals surface area (Å²) in [6.45, 7) is 0. The zero-order valence-corrected chi connectivity index (χ0v) is 12.5. The molecule has 0 heterocycles. The summed E-state index contributed by atoms with van der Waals surface area (Å²) in [5, 5.41) is 0.0573. The van der Waals surface area contributed by atoms with Crippen LogP contribution in [0.4, 0.5) is 4.39 Å². The molecule has 0 amide bonds. The Hall–Kier alpha value is -1.10. The molecule has 0 saturated carbocycles. The fraction of sp³-hybridized carbons (Fsp3) is 0.143. The van der Waals surface area contributed by atoms with Gasteiger partial charge in [-0.3, -0.25) is 0 Å². The maximum atomic E-state index is 14.0. The van der Waals surface area contributed by atoms with Crippen molar-refractivity contribution in [1.29, 1.82) is 0 Å². The van der Waals surface area contributed by atoms with Crippen LogP contribution in [0.3, 0.4) is 0 Å². The lowest BCUT2D eigenvalue weighted by molar-refractivity contribution is 0.407.